The van der Waals surface area contributed by atoms with Crippen LogP contribution >= 0.6 is 11.6 Å². The topological polar surface area (TPSA) is 81.1 Å². The molecule has 1 heterocycles. The number of nitrogens with zero attached hydrogens (tertiary/aromatic N) is 1. The fourth-order valence-corrected chi connectivity index (χ4v) is 2.17. The minimum atomic E-state index is -0.675. The van der Waals surface area contributed by atoms with Crippen LogP contribution in [0.25, 0.3) is 0 Å². The number of para-hydroxylation sites is 1. The minimum absolute atomic E-state index is 0.0211. The van der Waals surface area contributed by atoms with E-state index in [4.69, 9.17) is 27.5 Å². The Hall–Kier alpha value is -2.27. The summed E-state index contributed by atoms with van der Waals surface area (Å²) in [7, 11) is 1.58. The van der Waals surface area contributed by atoms with Gasteiger partial charge in [-0.1, -0.05) is 29.8 Å². The molecular formula is C14H14ClN3O2. The van der Waals surface area contributed by atoms with E-state index in [-0.39, 0.29) is 11.1 Å². The molecule has 0 saturated carbocycles. The molecule has 1 amide bonds. The Labute approximate surface area is 121 Å². The van der Waals surface area contributed by atoms with Crippen molar-refractivity contribution in [2.45, 2.75) is 6.54 Å². The maximum atomic E-state index is 11.3. The lowest BCUT2D eigenvalue weighted by Crippen LogP contribution is -2.29. The second-order valence-electron chi connectivity index (χ2n) is 4.22. The van der Waals surface area contributed by atoms with Crippen molar-refractivity contribution < 1.29 is 9.53 Å². The molecule has 0 radical (unpaired) electrons. The van der Waals surface area contributed by atoms with Gasteiger partial charge in [-0.15, -0.1) is 0 Å². The zero-order valence-corrected chi connectivity index (χ0v) is 11.6. The van der Waals surface area contributed by atoms with Gasteiger partial charge in [-0.05, 0) is 12.1 Å². The third-order valence-electron chi connectivity index (χ3n) is 2.90. The number of halogens is 1. The first kappa shape index (κ1) is 14.1. The van der Waals surface area contributed by atoms with Crippen LogP contribution in [0.5, 0.6) is 5.75 Å². The van der Waals surface area contributed by atoms with Crippen molar-refractivity contribution in [3.63, 3.8) is 0 Å². The fourth-order valence-electron chi connectivity index (χ4n) is 1.94. The fraction of sp³-hybridized carbons (Fsp3) is 0.143. The van der Waals surface area contributed by atoms with Crippen molar-refractivity contribution in [1.29, 1.82) is 5.41 Å². The second kappa shape index (κ2) is 5.79. The molecule has 6 heteroatoms. The summed E-state index contributed by atoms with van der Waals surface area (Å²) in [5.41, 5.74) is 6.24. The van der Waals surface area contributed by atoms with Crippen molar-refractivity contribution in [2.24, 2.45) is 5.73 Å². The predicted molar refractivity (Wildman–Crippen MR) is 75.9 cm³/mol. The Bertz CT molecular complexity index is 710. The van der Waals surface area contributed by atoms with Crippen LogP contribution < -0.4 is 16.0 Å². The van der Waals surface area contributed by atoms with Crippen molar-refractivity contribution in [2.75, 3.05) is 7.11 Å². The normalized spacial score (nSPS) is 10.3. The van der Waals surface area contributed by atoms with Gasteiger partial charge in [0, 0.05) is 11.8 Å². The first-order chi connectivity index (χ1) is 9.52. The highest BCUT2D eigenvalue weighted by Crippen LogP contribution is 2.18. The molecule has 0 spiro atoms. The highest BCUT2D eigenvalue weighted by atomic mass is 35.5. The molecule has 20 heavy (non-hydrogen) atoms. The summed E-state index contributed by atoms with van der Waals surface area (Å²) in [6, 6.07) is 8.85. The summed E-state index contributed by atoms with van der Waals surface area (Å²) in [5, 5.41) is 8.36. The number of nitrogens with one attached hydrogen (secondary N) is 1. The van der Waals surface area contributed by atoms with Crippen LogP contribution in [-0.4, -0.2) is 17.6 Å². The third-order valence-corrected chi connectivity index (χ3v) is 3.11. The molecular weight excluding hydrogens is 278 g/mol. The van der Waals surface area contributed by atoms with E-state index in [1.807, 2.05) is 24.3 Å². The SMILES string of the molecule is COc1ccccc1Cn1cc(Cl)cc(C(N)=O)c1=N. The van der Waals surface area contributed by atoms with E-state index in [9.17, 15) is 4.79 Å². The number of hydrogen-bond donors (Lipinski definition) is 2. The zero-order chi connectivity index (χ0) is 14.7. The van der Waals surface area contributed by atoms with Gasteiger partial charge in [0.1, 0.15) is 11.2 Å². The van der Waals surface area contributed by atoms with Gasteiger partial charge >= 0.3 is 0 Å². The Balaban J connectivity index is 2.49. The van der Waals surface area contributed by atoms with Crippen LogP contribution in [0.15, 0.2) is 36.5 Å². The van der Waals surface area contributed by atoms with Crippen LogP contribution in [0.4, 0.5) is 0 Å². The van der Waals surface area contributed by atoms with Gasteiger partial charge < -0.3 is 15.0 Å². The highest BCUT2D eigenvalue weighted by molar-refractivity contribution is 6.30. The second-order valence-corrected chi connectivity index (χ2v) is 4.66. The van der Waals surface area contributed by atoms with E-state index >= 15 is 0 Å². The lowest BCUT2D eigenvalue weighted by Gasteiger charge is -2.12. The van der Waals surface area contributed by atoms with Crippen LogP contribution in [0, 0.1) is 5.41 Å². The number of carbonyl (C=O) groups is 1. The van der Waals surface area contributed by atoms with Crippen molar-refractivity contribution >= 4 is 17.5 Å². The first-order valence-electron chi connectivity index (χ1n) is 5.89. The number of amides is 1. The molecule has 0 unspecified atom stereocenters. The maximum absolute atomic E-state index is 11.3. The van der Waals surface area contributed by atoms with Crippen molar-refractivity contribution in [1.82, 2.24) is 4.57 Å². The van der Waals surface area contributed by atoms with Gasteiger partial charge in [0.2, 0.25) is 0 Å². The zero-order valence-electron chi connectivity index (χ0n) is 10.9. The standard InChI is InChI=1S/C14H14ClN3O2/c1-20-12-5-3-2-4-9(12)7-18-8-10(15)6-11(13(18)16)14(17)19/h2-6,8,16H,7H2,1H3,(H2,17,19). The van der Waals surface area contributed by atoms with Gasteiger partial charge in [-0.25, -0.2) is 0 Å². The Morgan fingerprint density at radius 2 is 2.15 bits per heavy atom. The number of nitrogens with two attached hydrogens (primary N) is 1. The summed E-state index contributed by atoms with van der Waals surface area (Å²) in [4.78, 5) is 11.3. The molecule has 0 aliphatic heterocycles. The van der Waals surface area contributed by atoms with E-state index in [2.05, 4.69) is 0 Å². The molecule has 104 valence electrons. The lowest BCUT2D eigenvalue weighted by molar-refractivity contribution is 0.0998. The quantitative estimate of drug-likeness (QED) is 0.900. The monoisotopic (exact) mass is 291 g/mol. The minimum Gasteiger partial charge on any atom is -0.496 e. The maximum Gasteiger partial charge on any atom is 0.252 e. The molecule has 3 N–H and O–H groups in total. The summed E-state index contributed by atoms with van der Waals surface area (Å²) >= 11 is 5.96. The molecule has 0 aliphatic carbocycles. The molecule has 2 rings (SSSR count). The van der Waals surface area contributed by atoms with Gasteiger partial charge in [-0.2, -0.15) is 0 Å². The van der Waals surface area contributed by atoms with Gasteiger partial charge in [-0.3, -0.25) is 10.2 Å². The van der Waals surface area contributed by atoms with Crippen LogP contribution in [0.1, 0.15) is 15.9 Å². The Morgan fingerprint density at radius 3 is 2.80 bits per heavy atom. The van der Waals surface area contributed by atoms with E-state index in [1.54, 1.807) is 17.9 Å². The van der Waals surface area contributed by atoms with E-state index < -0.39 is 5.91 Å². The lowest BCUT2D eigenvalue weighted by atomic mass is 10.2. The summed E-state index contributed by atoms with van der Waals surface area (Å²) in [5.74, 6) is 0.0336. The van der Waals surface area contributed by atoms with Crippen molar-refractivity contribution in [3.05, 3.63) is 58.2 Å². The average Bonchev–Trinajstić information content (AvgIpc) is 2.42. The molecule has 0 fully saturated rings. The number of benzene rings is 1. The highest BCUT2D eigenvalue weighted by Gasteiger charge is 2.10. The summed E-state index contributed by atoms with van der Waals surface area (Å²) < 4.78 is 6.82. The van der Waals surface area contributed by atoms with Gasteiger partial charge in [0.05, 0.1) is 24.2 Å². The molecule has 2 aromatic rings. The van der Waals surface area contributed by atoms with E-state index in [1.165, 1.54) is 6.07 Å². The summed E-state index contributed by atoms with van der Waals surface area (Å²) in [6.45, 7) is 0.365. The Kier molecular flexibility index (Phi) is 4.10. The first-order valence-corrected chi connectivity index (χ1v) is 6.27. The number of methoxy groups -OCH3 is 1. The molecule has 0 aliphatic rings. The number of ether oxygens (including phenoxy) is 1. The van der Waals surface area contributed by atoms with Gasteiger partial charge in [0.25, 0.3) is 5.91 Å². The Morgan fingerprint density at radius 1 is 1.45 bits per heavy atom. The third kappa shape index (κ3) is 2.83. The van der Waals surface area contributed by atoms with E-state index in [0.717, 1.165) is 5.56 Å². The number of hydrogen-bond acceptors (Lipinski definition) is 3. The number of carbonyl (C=O) groups excluding carboxylic acids is 1. The number of pyridine rings is 1. The average molecular weight is 292 g/mol. The molecule has 5 nitrogen and oxygen atoms in total. The number of primary amides is 1. The predicted octanol–water partition coefficient (Wildman–Crippen LogP) is 1.78. The van der Waals surface area contributed by atoms with E-state index in [0.29, 0.717) is 17.3 Å². The smallest absolute Gasteiger partial charge is 0.252 e. The molecule has 0 saturated heterocycles. The van der Waals surface area contributed by atoms with Crippen molar-refractivity contribution in [3.8, 4) is 5.75 Å². The number of rotatable bonds is 4. The molecule has 1 aromatic carbocycles. The van der Waals surface area contributed by atoms with Gasteiger partial charge in [0.15, 0.2) is 0 Å². The number of aromatic nitrogens is 1. The molecule has 1 aromatic heterocycles. The largest absolute Gasteiger partial charge is 0.496 e. The molecule has 0 bridgehead atoms. The summed E-state index contributed by atoms with van der Waals surface area (Å²) in [6.07, 6.45) is 1.59. The van der Waals surface area contributed by atoms with Crippen LogP contribution in [0.3, 0.4) is 0 Å². The van der Waals surface area contributed by atoms with Crippen LogP contribution in [-0.2, 0) is 6.54 Å². The van der Waals surface area contributed by atoms with Crippen LogP contribution in [0.2, 0.25) is 5.02 Å². The molecule has 0 atom stereocenters.